The highest BCUT2D eigenvalue weighted by molar-refractivity contribution is 6.31. The standard InChI is InChI=1S/C22H21ClN4O/c1-14(2)16-7-6-15(10-18(16)23)19-11-27(13-25-19)21-5-3-4-20-17(21)8-9-26(20)12-22(24)28/h3-11,13-14H,12H2,1-2H3,(H2,24,28). The fourth-order valence-electron chi connectivity index (χ4n) is 3.50. The van der Waals surface area contributed by atoms with E-state index in [1.807, 2.05) is 51.9 Å². The van der Waals surface area contributed by atoms with Gasteiger partial charge in [0.25, 0.3) is 0 Å². The average Bonchev–Trinajstić information content (AvgIpc) is 3.28. The minimum Gasteiger partial charge on any atom is -0.368 e. The quantitative estimate of drug-likeness (QED) is 0.532. The van der Waals surface area contributed by atoms with Crippen LogP contribution >= 0.6 is 11.6 Å². The Morgan fingerprint density at radius 1 is 1.21 bits per heavy atom. The van der Waals surface area contributed by atoms with Gasteiger partial charge in [0.2, 0.25) is 5.91 Å². The number of nitrogens with zero attached hydrogens (tertiary/aromatic N) is 3. The second-order valence-corrected chi connectivity index (χ2v) is 7.58. The van der Waals surface area contributed by atoms with Crippen molar-refractivity contribution in [2.24, 2.45) is 5.73 Å². The Labute approximate surface area is 168 Å². The van der Waals surface area contributed by atoms with Crippen LogP contribution in [0.3, 0.4) is 0 Å². The van der Waals surface area contributed by atoms with E-state index in [1.54, 1.807) is 6.33 Å². The molecule has 1 amide bonds. The molecule has 0 fully saturated rings. The van der Waals surface area contributed by atoms with E-state index in [1.165, 1.54) is 0 Å². The number of fused-ring (bicyclic) bond motifs is 1. The topological polar surface area (TPSA) is 65.8 Å². The summed E-state index contributed by atoms with van der Waals surface area (Å²) in [4.78, 5) is 15.9. The molecule has 0 atom stereocenters. The fourth-order valence-corrected chi connectivity index (χ4v) is 3.90. The second kappa shape index (κ2) is 7.17. The number of halogens is 1. The molecule has 4 rings (SSSR count). The Hall–Kier alpha value is -3.05. The van der Waals surface area contributed by atoms with Gasteiger partial charge in [-0.1, -0.05) is 43.6 Å². The number of amides is 1. The third kappa shape index (κ3) is 3.29. The highest BCUT2D eigenvalue weighted by Gasteiger charge is 2.12. The molecule has 28 heavy (non-hydrogen) atoms. The molecule has 0 aliphatic heterocycles. The van der Waals surface area contributed by atoms with E-state index in [2.05, 4.69) is 31.0 Å². The minimum absolute atomic E-state index is 0.156. The lowest BCUT2D eigenvalue weighted by Gasteiger charge is -2.09. The van der Waals surface area contributed by atoms with Gasteiger partial charge in [-0.25, -0.2) is 4.98 Å². The molecular formula is C22H21ClN4O. The van der Waals surface area contributed by atoms with Crippen molar-refractivity contribution >= 4 is 28.4 Å². The summed E-state index contributed by atoms with van der Waals surface area (Å²) in [7, 11) is 0. The number of aromatic nitrogens is 3. The van der Waals surface area contributed by atoms with Crippen LogP contribution in [0.25, 0.3) is 27.8 Å². The summed E-state index contributed by atoms with van der Waals surface area (Å²) in [5.74, 6) is 0.00990. The van der Waals surface area contributed by atoms with Gasteiger partial charge in [0.15, 0.2) is 0 Å². The number of primary amides is 1. The predicted octanol–water partition coefficient (Wildman–Crippen LogP) is 4.76. The minimum atomic E-state index is -0.366. The van der Waals surface area contributed by atoms with Gasteiger partial charge in [-0.15, -0.1) is 0 Å². The largest absolute Gasteiger partial charge is 0.368 e. The van der Waals surface area contributed by atoms with Crippen LogP contribution < -0.4 is 5.73 Å². The van der Waals surface area contributed by atoms with Gasteiger partial charge in [-0.05, 0) is 35.7 Å². The third-order valence-corrected chi connectivity index (χ3v) is 5.22. The number of imidazole rings is 1. The van der Waals surface area contributed by atoms with Gasteiger partial charge in [0.05, 0.1) is 23.2 Å². The normalized spacial score (nSPS) is 11.4. The van der Waals surface area contributed by atoms with E-state index >= 15 is 0 Å². The third-order valence-electron chi connectivity index (χ3n) is 4.90. The van der Waals surface area contributed by atoms with Crippen LogP contribution in [0.1, 0.15) is 25.3 Å². The van der Waals surface area contributed by atoms with Crippen molar-refractivity contribution in [2.75, 3.05) is 0 Å². The van der Waals surface area contributed by atoms with Crippen molar-refractivity contribution in [3.63, 3.8) is 0 Å². The molecular weight excluding hydrogens is 372 g/mol. The number of rotatable bonds is 5. The van der Waals surface area contributed by atoms with Crippen LogP contribution in [0.4, 0.5) is 0 Å². The molecule has 2 aromatic heterocycles. The molecule has 0 saturated carbocycles. The Morgan fingerprint density at radius 3 is 2.75 bits per heavy atom. The van der Waals surface area contributed by atoms with Crippen LogP contribution in [0.5, 0.6) is 0 Å². The van der Waals surface area contributed by atoms with E-state index in [-0.39, 0.29) is 12.5 Å². The monoisotopic (exact) mass is 392 g/mol. The molecule has 2 heterocycles. The van der Waals surface area contributed by atoms with Crippen molar-refractivity contribution in [3.05, 3.63) is 71.8 Å². The first kappa shape index (κ1) is 18.3. The van der Waals surface area contributed by atoms with E-state index < -0.39 is 0 Å². The van der Waals surface area contributed by atoms with Crippen molar-refractivity contribution < 1.29 is 4.79 Å². The van der Waals surface area contributed by atoms with Gasteiger partial charge >= 0.3 is 0 Å². The maximum absolute atomic E-state index is 11.3. The molecule has 0 radical (unpaired) electrons. The molecule has 0 bridgehead atoms. The molecule has 2 aromatic carbocycles. The number of carbonyl (C=O) groups is 1. The average molecular weight is 393 g/mol. The first-order valence-electron chi connectivity index (χ1n) is 9.14. The van der Waals surface area contributed by atoms with Crippen LogP contribution in [-0.4, -0.2) is 20.0 Å². The summed E-state index contributed by atoms with van der Waals surface area (Å²) >= 11 is 6.45. The highest BCUT2D eigenvalue weighted by atomic mass is 35.5. The molecule has 0 aliphatic carbocycles. The van der Waals surface area contributed by atoms with Crippen LogP contribution in [0.15, 0.2) is 61.2 Å². The SMILES string of the molecule is CC(C)c1ccc(-c2cn(-c3cccc4c3ccn4CC(N)=O)cn2)cc1Cl. The molecule has 0 unspecified atom stereocenters. The molecule has 0 saturated heterocycles. The Morgan fingerprint density at radius 2 is 2.04 bits per heavy atom. The Balaban J connectivity index is 1.73. The summed E-state index contributed by atoms with van der Waals surface area (Å²) in [6.07, 6.45) is 5.65. The molecule has 142 valence electrons. The summed E-state index contributed by atoms with van der Waals surface area (Å²) < 4.78 is 3.83. The van der Waals surface area contributed by atoms with Crippen LogP contribution in [0.2, 0.25) is 5.02 Å². The Bertz CT molecular complexity index is 1170. The maximum Gasteiger partial charge on any atom is 0.237 e. The molecule has 6 heteroatoms. The molecule has 0 aliphatic rings. The molecule has 4 aromatic rings. The zero-order chi connectivity index (χ0) is 19.8. The molecule has 5 nitrogen and oxygen atoms in total. The zero-order valence-corrected chi connectivity index (χ0v) is 16.5. The lowest BCUT2D eigenvalue weighted by Crippen LogP contribution is -2.17. The van der Waals surface area contributed by atoms with E-state index in [0.717, 1.165) is 38.4 Å². The summed E-state index contributed by atoms with van der Waals surface area (Å²) in [5.41, 5.74) is 10.3. The lowest BCUT2D eigenvalue weighted by molar-refractivity contribution is -0.118. The van der Waals surface area contributed by atoms with Crippen LogP contribution in [-0.2, 0) is 11.3 Å². The van der Waals surface area contributed by atoms with Crippen molar-refractivity contribution in [1.29, 1.82) is 0 Å². The van der Waals surface area contributed by atoms with Crippen molar-refractivity contribution in [3.8, 4) is 16.9 Å². The maximum atomic E-state index is 11.3. The number of hydrogen-bond donors (Lipinski definition) is 1. The van der Waals surface area contributed by atoms with Gasteiger partial charge < -0.3 is 14.9 Å². The molecule has 2 N–H and O–H groups in total. The van der Waals surface area contributed by atoms with E-state index in [9.17, 15) is 4.79 Å². The van der Waals surface area contributed by atoms with E-state index in [0.29, 0.717) is 5.92 Å². The van der Waals surface area contributed by atoms with Gasteiger partial charge in [-0.2, -0.15) is 0 Å². The van der Waals surface area contributed by atoms with E-state index in [4.69, 9.17) is 17.3 Å². The zero-order valence-electron chi connectivity index (χ0n) is 15.8. The number of carbonyl (C=O) groups excluding carboxylic acids is 1. The number of hydrogen-bond acceptors (Lipinski definition) is 2. The first-order chi connectivity index (χ1) is 13.4. The Kier molecular flexibility index (Phi) is 4.69. The number of nitrogens with two attached hydrogens (primary N) is 1. The lowest BCUT2D eigenvalue weighted by atomic mass is 10.0. The van der Waals surface area contributed by atoms with Crippen LogP contribution in [0, 0.1) is 0 Å². The van der Waals surface area contributed by atoms with Gasteiger partial charge in [0, 0.05) is 28.4 Å². The second-order valence-electron chi connectivity index (χ2n) is 7.18. The predicted molar refractivity (Wildman–Crippen MR) is 113 cm³/mol. The highest BCUT2D eigenvalue weighted by Crippen LogP contribution is 2.30. The number of benzene rings is 2. The van der Waals surface area contributed by atoms with Gasteiger partial charge in [0.1, 0.15) is 6.54 Å². The summed E-state index contributed by atoms with van der Waals surface area (Å²) in [5, 5.41) is 1.79. The molecule has 0 spiro atoms. The summed E-state index contributed by atoms with van der Waals surface area (Å²) in [6, 6.07) is 14.0. The summed E-state index contributed by atoms with van der Waals surface area (Å²) in [6.45, 7) is 4.41. The van der Waals surface area contributed by atoms with Crippen molar-refractivity contribution in [2.45, 2.75) is 26.3 Å². The van der Waals surface area contributed by atoms with Gasteiger partial charge in [-0.3, -0.25) is 4.79 Å². The fraction of sp³-hybridized carbons (Fsp3) is 0.182. The van der Waals surface area contributed by atoms with Crippen molar-refractivity contribution in [1.82, 2.24) is 14.1 Å². The first-order valence-corrected chi connectivity index (χ1v) is 9.52. The smallest absolute Gasteiger partial charge is 0.237 e.